The molecule has 0 atom stereocenters. The van der Waals surface area contributed by atoms with Gasteiger partial charge in [0.1, 0.15) is 18.2 Å². The summed E-state index contributed by atoms with van der Waals surface area (Å²) < 4.78 is 19.3. The van der Waals surface area contributed by atoms with Gasteiger partial charge in [-0.1, -0.05) is 13.8 Å². The first-order chi connectivity index (χ1) is 8.17. The fraction of sp³-hybridized carbons (Fsp3) is 0.538. The molecule has 2 nitrogen and oxygen atoms in total. The Bertz CT molecular complexity index is 342. The van der Waals surface area contributed by atoms with Crippen LogP contribution < -0.4 is 10.1 Å². The number of nitrogens with one attached hydrogen (secondary N) is 1. The first-order valence-corrected chi connectivity index (χ1v) is 6.77. The molecule has 0 aliphatic heterocycles. The van der Waals surface area contributed by atoms with Crippen LogP contribution in [0.3, 0.4) is 0 Å². The third-order valence-electron chi connectivity index (χ3n) is 2.67. The van der Waals surface area contributed by atoms with Crippen molar-refractivity contribution < 1.29 is 9.13 Å². The molecule has 0 saturated carbocycles. The number of benzene rings is 1. The number of rotatable bonds is 7. The first-order valence-electron chi connectivity index (χ1n) is 5.98. The van der Waals surface area contributed by atoms with E-state index in [1.165, 1.54) is 12.1 Å². The topological polar surface area (TPSA) is 21.3 Å². The lowest BCUT2D eigenvalue weighted by Crippen LogP contribution is -2.31. The van der Waals surface area contributed by atoms with Gasteiger partial charge in [0.2, 0.25) is 0 Å². The molecule has 0 unspecified atom stereocenters. The second-order valence-electron chi connectivity index (χ2n) is 3.89. The van der Waals surface area contributed by atoms with Crippen molar-refractivity contribution in [3.8, 4) is 5.75 Å². The van der Waals surface area contributed by atoms with Gasteiger partial charge in [-0.2, -0.15) is 0 Å². The molecule has 0 fully saturated rings. The van der Waals surface area contributed by atoms with Crippen LogP contribution in [0.15, 0.2) is 22.7 Å². The molecule has 0 bridgehead atoms. The number of hydrogen-bond donors (Lipinski definition) is 1. The van der Waals surface area contributed by atoms with Crippen LogP contribution in [0.1, 0.15) is 26.7 Å². The Morgan fingerprint density at radius 1 is 1.35 bits per heavy atom. The molecule has 1 aromatic rings. The molecule has 0 aliphatic rings. The minimum Gasteiger partial charge on any atom is -0.491 e. The van der Waals surface area contributed by atoms with Crippen molar-refractivity contribution in [2.24, 2.45) is 0 Å². The Morgan fingerprint density at radius 3 is 2.71 bits per heavy atom. The van der Waals surface area contributed by atoms with Crippen LogP contribution in [-0.4, -0.2) is 19.2 Å². The van der Waals surface area contributed by atoms with Crippen LogP contribution in [0, 0.1) is 5.82 Å². The molecule has 0 aliphatic carbocycles. The van der Waals surface area contributed by atoms with Gasteiger partial charge in [-0.05, 0) is 40.9 Å². The van der Waals surface area contributed by atoms with E-state index in [2.05, 4.69) is 35.1 Å². The minimum absolute atomic E-state index is 0.281. The van der Waals surface area contributed by atoms with Crippen LogP contribution in [0.2, 0.25) is 0 Å². The molecule has 1 N–H and O–H groups in total. The van der Waals surface area contributed by atoms with E-state index >= 15 is 0 Å². The summed E-state index contributed by atoms with van der Waals surface area (Å²) in [6.45, 7) is 5.63. The number of ether oxygens (including phenoxy) is 1. The molecule has 1 aromatic carbocycles. The molecule has 0 radical (unpaired) electrons. The maximum Gasteiger partial charge on any atom is 0.136 e. The van der Waals surface area contributed by atoms with Crippen molar-refractivity contribution in [1.29, 1.82) is 0 Å². The van der Waals surface area contributed by atoms with E-state index < -0.39 is 0 Å². The van der Waals surface area contributed by atoms with Crippen molar-refractivity contribution in [3.05, 3.63) is 28.5 Å². The van der Waals surface area contributed by atoms with Crippen LogP contribution >= 0.6 is 15.9 Å². The highest BCUT2D eigenvalue weighted by Gasteiger charge is 2.04. The summed E-state index contributed by atoms with van der Waals surface area (Å²) in [5.74, 6) is 0.271. The van der Waals surface area contributed by atoms with Crippen LogP contribution in [0.4, 0.5) is 4.39 Å². The van der Waals surface area contributed by atoms with Crippen LogP contribution in [0.5, 0.6) is 5.75 Å². The van der Waals surface area contributed by atoms with E-state index in [-0.39, 0.29) is 5.82 Å². The third kappa shape index (κ3) is 5.04. The minimum atomic E-state index is -0.281. The largest absolute Gasteiger partial charge is 0.491 e. The Hall–Kier alpha value is -0.610. The molecular formula is C13H19BrFNO. The number of hydrogen-bond acceptors (Lipinski definition) is 2. The SMILES string of the molecule is CCC(CC)NCCOc1cc(F)ccc1Br. The Balaban J connectivity index is 2.33. The third-order valence-corrected chi connectivity index (χ3v) is 3.33. The quantitative estimate of drug-likeness (QED) is 0.775. The van der Waals surface area contributed by atoms with Gasteiger partial charge in [0, 0.05) is 18.7 Å². The van der Waals surface area contributed by atoms with Gasteiger partial charge in [-0.25, -0.2) is 4.39 Å². The predicted molar refractivity (Wildman–Crippen MR) is 72.0 cm³/mol. The van der Waals surface area contributed by atoms with E-state index in [1.807, 2.05) is 0 Å². The first kappa shape index (κ1) is 14.5. The van der Waals surface area contributed by atoms with Gasteiger partial charge in [0.15, 0.2) is 0 Å². The van der Waals surface area contributed by atoms with Gasteiger partial charge in [-0.3, -0.25) is 0 Å². The summed E-state index contributed by atoms with van der Waals surface area (Å²) in [4.78, 5) is 0. The van der Waals surface area contributed by atoms with E-state index in [4.69, 9.17) is 4.74 Å². The van der Waals surface area contributed by atoms with Crippen molar-refractivity contribution in [3.63, 3.8) is 0 Å². The molecule has 0 amide bonds. The van der Waals surface area contributed by atoms with Crippen LogP contribution in [0.25, 0.3) is 0 Å². The van der Waals surface area contributed by atoms with Gasteiger partial charge in [0.05, 0.1) is 4.47 Å². The zero-order chi connectivity index (χ0) is 12.7. The summed E-state index contributed by atoms with van der Waals surface area (Å²) in [7, 11) is 0. The lowest BCUT2D eigenvalue weighted by Gasteiger charge is -2.15. The van der Waals surface area contributed by atoms with E-state index in [9.17, 15) is 4.39 Å². The molecule has 0 aromatic heterocycles. The molecule has 0 saturated heterocycles. The summed E-state index contributed by atoms with van der Waals surface area (Å²) >= 11 is 3.33. The summed E-state index contributed by atoms with van der Waals surface area (Å²) in [6.07, 6.45) is 2.22. The Labute approximate surface area is 111 Å². The highest BCUT2D eigenvalue weighted by Crippen LogP contribution is 2.25. The van der Waals surface area contributed by atoms with Crippen molar-refractivity contribution >= 4 is 15.9 Å². The Kier molecular flexibility index (Phi) is 6.52. The zero-order valence-corrected chi connectivity index (χ0v) is 11.9. The molecular weight excluding hydrogens is 285 g/mol. The van der Waals surface area contributed by atoms with E-state index in [1.54, 1.807) is 6.07 Å². The molecule has 1 rings (SSSR count). The average Bonchev–Trinajstić information content (AvgIpc) is 2.33. The van der Waals surface area contributed by atoms with Gasteiger partial charge < -0.3 is 10.1 Å². The highest BCUT2D eigenvalue weighted by atomic mass is 79.9. The zero-order valence-electron chi connectivity index (χ0n) is 10.3. The molecule has 4 heteroatoms. The molecule has 0 heterocycles. The monoisotopic (exact) mass is 303 g/mol. The van der Waals surface area contributed by atoms with Crippen molar-refractivity contribution in [2.75, 3.05) is 13.2 Å². The highest BCUT2D eigenvalue weighted by molar-refractivity contribution is 9.10. The lowest BCUT2D eigenvalue weighted by atomic mass is 10.2. The average molecular weight is 304 g/mol. The molecule has 96 valence electrons. The summed E-state index contributed by atoms with van der Waals surface area (Å²) in [5.41, 5.74) is 0. The summed E-state index contributed by atoms with van der Waals surface area (Å²) in [6, 6.07) is 4.98. The maximum absolute atomic E-state index is 13.0. The van der Waals surface area contributed by atoms with E-state index in [0.717, 1.165) is 23.9 Å². The fourth-order valence-electron chi connectivity index (χ4n) is 1.59. The molecule has 0 spiro atoms. The van der Waals surface area contributed by atoms with E-state index in [0.29, 0.717) is 18.4 Å². The van der Waals surface area contributed by atoms with Crippen molar-refractivity contribution in [1.82, 2.24) is 5.32 Å². The van der Waals surface area contributed by atoms with Gasteiger partial charge in [-0.15, -0.1) is 0 Å². The smallest absolute Gasteiger partial charge is 0.136 e. The van der Waals surface area contributed by atoms with Crippen LogP contribution in [-0.2, 0) is 0 Å². The number of halogens is 2. The second kappa shape index (κ2) is 7.67. The maximum atomic E-state index is 13.0. The standard InChI is InChI=1S/C13H19BrFNO/c1-3-11(4-2)16-7-8-17-13-9-10(15)5-6-12(13)14/h5-6,9,11,16H,3-4,7-8H2,1-2H3. The normalized spacial score (nSPS) is 10.9. The fourth-order valence-corrected chi connectivity index (χ4v) is 1.95. The lowest BCUT2D eigenvalue weighted by molar-refractivity contribution is 0.299. The van der Waals surface area contributed by atoms with Gasteiger partial charge >= 0.3 is 0 Å². The summed E-state index contributed by atoms with van der Waals surface area (Å²) in [5, 5.41) is 3.39. The van der Waals surface area contributed by atoms with Crippen molar-refractivity contribution in [2.45, 2.75) is 32.7 Å². The molecule has 17 heavy (non-hydrogen) atoms. The second-order valence-corrected chi connectivity index (χ2v) is 4.75. The Morgan fingerprint density at radius 2 is 2.06 bits per heavy atom. The predicted octanol–water partition coefficient (Wildman–Crippen LogP) is 3.75. The van der Waals surface area contributed by atoms with Gasteiger partial charge in [0.25, 0.3) is 0 Å².